The first-order chi connectivity index (χ1) is 9.77. The number of nitro benzene ring substituents is 1. The summed E-state index contributed by atoms with van der Waals surface area (Å²) in [5.74, 6) is -0.857. The monoisotopic (exact) mass is 293 g/mol. The third kappa shape index (κ3) is 3.53. The normalized spacial score (nSPS) is 11.4. The van der Waals surface area contributed by atoms with Gasteiger partial charge in [-0.15, -0.1) is 5.10 Å². The van der Waals surface area contributed by atoms with Crippen molar-refractivity contribution in [1.29, 1.82) is 0 Å². The molecule has 0 saturated carbocycles. The summed E-state index contributed by atoms with van der Waals surface area (Å²) in [5.41, 5.74) is 0.420. The van der Waals surface area contributed by atoms with E-state index in [1.165, 1.54) is 6.07 Å². The van der Waals surface area contributed by atoms with Crippen LogP contribution in [0.25, 0.3) is 0 Å². The standard InChI is InChI=1S/C13H16FN5O2/c1-13(2,3)18-8-10(16-17-18)7-15-9-4-5-11(14)12(6-9)19(20)21/h4-6,8,15H,7H2,1-3H3. The number of rotatable bonds is 4. The summed E-state index contributed by atoms with van der Waals surface area (Å²) in [4.78, 5) is 9.92. The molecule has 0 unspecified atom stereocenters. The number of nitro groups is 1. The number of hydrogen-bond donors (Lipinski definition) is 1. The van der Waals surface area contributed by atoms with Crippen LogP contribution < -0.4 is 5.32 Å². The Hall–Kier alpha value is -2.51. The van der Waals surface area contributed by atoms with Crippen molar-refractivity contribution < 1.29 is 9.31 Å². The number of benzene rings is 1. The Labute approximate surface area is 120 Å². The second kappa shape index (κ2) is 5.47. The third-order valence-corrected chi connectivity index (χ3v) is 2.84. The quantitative estimate of drug-likeness (QED) is 0.692. The maximum absolute atomic E-state index is 13.2. The minimum absolute atomic E-state index is 0.167. The highest BCUT2D eigenvalue weighted by atomic mass is 19.1. The number of nitrogens with one attached hydrogen (secondary N) is 1. The van der Waals surface area contributed by atoms with Gasteiger partial charge in [-0.1, -0.05) is 5.21 Å². The van der Waals surface area contributed by atoms with Gasteiger partial charge in [0.05, 0.1) is 23.2 Å². The SMILES string of the molecule is CC(C)(C)n1cc(CNc2ccc(F)c([N+](=O)[O-])c2)nn1. The van der Waals surface area contributed by atoms with Gasteiger partial charge >= 0.3 is 5.69 Å². The summed E-state index contributed by atoms with van der Waals surface area (Å²) in [6, 6.07) is 3.66. The molecule has 0 aliphatic heterocycles. The molecule has 1 aromatic heterocycles. The molecule has 0 aliphatic rings. The number of aromatic nitrogens is 3. The number of anilines is 1. The van der Waals surface area contributed by atoms with Gasteiger partial charge in [-0.3, -0.25) is 10.1 Å². The molecule has 0 atom stereocenters. The second-order valence-electron chi connectivity index (χ2n) is 5.60. The van der Waals surface area contributed by atoms with Crippen LogP contribution in [0.1, 0.15) is 26.5 Å². The van der Waals surface area contributed by atoms with Gasteiger partial charge in [0.2, 0.25) is 5.82 Å². The van der Waals surface area contributed by atoms with Crippen molar-refractivity contribution in [2.75, 3.05) is 5.32 Å². The minimum atomic E-state index is -0.857. The number of hydrogen-bond acceptors (Lipinski definition) is 5. The van der Waals surface area contributed by atoms with Crippen LogP contribution in [0.4, 0.5) is 15.8 Å². The highest BCUT2D eigenvalue weighted by molar-refractivity contribution is 5.51. The van der Waals surface area contributed by atoms with E-state index < -0.39 is 16.4 Å². The molecule has 0 radical (unpaired) electrons. The fraction of sp³-hybridized carbons (Fsp3) is 0.385. The third-order valence-electron chi connectivity index (χ3n) is 2.84. The molecule has 0 saturated heterocycles. The molecular formula is C13H16FN5O2. The molecule has 0 aliphatic carbocycles. The van der Waals surface area contributed by atoms with E-state index in [0.29, 0.717) is 17.9 Å². The highest BCUT2D eigenvalue weighted by Gasteiger charge is 2.16. The summed E-state index contributed by atoms with van der Waals surface area (Å²) in [7, 11) is 0. The van der Waals surface area contributed by atoms with Gasteiger partial charge in [0.15, 0.2) is 0 Å². The van der Waals surface area contributed by atoms with Crippen molar-refractivity contribution in [1.82, 2.24) is 15.0 Å². The largest absolute Gasteiger partial charge is 0.379 e. The van der Waals surface area contributed by atoms with Crippen LogP contribution in [-0.2, 0) is 12.1 Å². The van der Waals surface area contributed by atoms with Gasteiger partial charge in [0, 0.05) is 11.8 Å². The van der Waals surface area contributed by atoms with Crippen LogP contribution >= 0.6 is 0 Å². The Bertz CT molecular complexity index is 663. The molecule has 8 heteroatoms. The lowest BCUT2D eigenvalue weighted by atomic mass is 10.1. The first-order valence-electron chi connectivity index (χ1n) is 6.37. The molecule has 2 rings (SSSR count). The van der Waals surface area contributed by atoms with Crippen molar-refractivity contribution in [3.05, 3.63) is 46.0 Å². The van der Waals surface area contributed by atoms with Gasteiger partial charge in [-0.25, -0.2) is 4.68 Å². The summed E-state index contributed by atoms with van der Waals surface area (Å²) < 4.78 is 15.0. The zero-order valence-corrected chi connectivity index (χ0v) is 12.0. The molecule has 112 valence electrons. The van der Waals surface area contributed by atoms with E-state index in [1.807, 2.05) is 20.8 Å². The lowest BCUT2D eigenvalue weighted by Gasteiger charge is -2.17. The summed E-state index contributed by atoms with van der Waals surface area (Å²) in [5, 5.41) is 21.7. The maximum atomic E-state index is 13.2. The molecule has 0 spiro atoms. The zero-order valence-electron chi connectivity index (χ0n) is 12.0. The molecule has 0 fully saturated rings. The smallest absolute Gasteiger partial charge is 0.306 e. The van der Waals surface area contributed by atoms with E-state index >= 15 is 0 Å². The lowest BCUT2D eigenvalue weighted by Crippen LogP contribution is -2.22. The van der Waals surface area contributed by atoms with Crippen LogP contribution in [0, 0.1) is 15.9 Å². The Morgan fingerprint density at radius 1 is 1.43 bits per heavy atom. The maximum Gasteiger partial charge on any atom is 0.306 e. The van der Waals surface area contributed by atoms with Crippen LogP contribution in [0.15, 0.2) is 24.4 Å². The number of halogens is 1. The van der Waals surface area contributed by atoms with E-state index in [-0.39, 0.29) is 5.54 Å². The average molecular weight is 293 g/mol. The average Bonchev–Trinajstić information content (AvgIpc) is 2.86. The molecule has 1 aromatic carbocycles. The van der Waals surface area contributed by atoms with Gasteiger partial charge in [0.1, 0.15) is 5.69 Å². The topological polar surface area (TPSA) is 85.9 Å². The molecule has 21 heavy (non-hydrogen) atoms. The Morgan fingerprint density at radius 2 is 2.14 bits per heavy atom. The summed E-state index contributed by atoms with van der Waals surface area (Å²) in [6.45, 7) is 6.35. The van der Waals surface area contributed by atoms with E-state index in [9.17, 15) is 14.5 Å². The lowest BCUT2D eigenvalue weighted by molar-refractivity contribution is -0.387. The predicted molar refractivity (Wildman–Crippen MR) is 75.4 cm³/mol. The molecule has 0 amide bonds. The Kier molecular flexibility index (Phi) is 3.88. The van der Waals surface area contributed by atoms with Crippen molar-refractivity contribution in [2.45, 2.75) is 32.9 Å². The minimum Gasteiger partial charge on any atom is -0.379 e. The van der Waals surface area contributed by atoms with Crippen LogP contribution in [0.5, 0.6) is 0 Å². The second-order valence-corrected chi connectivity index (χ2v) is 5.60. The van der Waals surface area contributed by atoms with Crippen molar-refractivity contribution in [2.24, 2.45) is 0 Å². The molecule has 1 N–H and O–H groups in total. The van der Waals surface area contributed by atoms with Gasteiger partial charge in [-0.2, -0.15) is 4.39 Å². The van der Waals surface area contributed by atoms with E-state index in [0.717, 1.165) is 12.1 Å². The van der Waals surface area contributed by atoms with E-state index in [4.69, 9.17) is 0 Å². The van der Waals surface area contributed by atoms with E-state index in [2.05, 4.69) is 15.6 Å². The fourth-order valence-electron chi connectivity index (χ4n) is 1.66. The Balaban J connectivity index is 2.08. The van der Waals surface area contributed by atoms with Gasteiger partial charge in [-0.05, 0) is 32.9 Å². The van der Waals surface area contributed by atoms with E-state index in [1.54, 1.807) is 10.9 Å². The van der Waals surface area contributed by atoms with Crippen LogP contribution in [0.2, 0.25) is 0 Å². The first-order valence-corrected chi connectivity index (χ1v) is 6.37. The molecule has 7 nitrogen and oxygen atoms in total. The van der Waals surface area contributed by atoms with Gasteiger partial charge < -0.3 is 5.32 Å². The molecular weight excluding hydrogens is 277 g/mol. The molecule has 0 bridgehead atoms. The zero-order chi connectivity index (χ0) is 15.6. The summed E-state index contributed by atoms with van der Waals surface area (Å²) >= 11 is 0. The van der Waals surface area contributed by atoms with Crippen LogP contribution in [0.3, 0.4) is 0 Å². The first kappa shape index (κ1) is 14.9. The van der Waals surface area contributed by atoms with Gasteiger partial charge in [0.25, 0.3) is 0 Å². The molecule has 1 heterocycles. The summed E-state index contributed by atoms with van der Waals surface area (Å²) in [6.07, 6.45) is 1.80. The number of nitrogens with zero attached hydrogens (tertiary/aromatic N) is 4. The highest BCUT2D eigenvalue weighted by Crippen LogP contribution is 2.22. The van der Waals surface area contributed by atoms with Crippen LogP contribution in [-0.4, -0.2) is 19.9 Å². The van der Waals surface area contributed by atoms with Crippen molar-refractivity contribution >= 4 is 11.4 Å². The van der Waals surface area contributed by atoms with Crippen molar-refractivity contribution in [3.63, 3.8) is 0 Å². The fourth-order valence-corrected chi connectivity index (χ4v) is 1.66. The Morgan fingerprint density at radius 3 is 2.71 bits per heavy atom. The molecule has 2 aromatic rings. The van der Waals surface area contributed by atoms with Crippen molar-refractivity contribution in [3.8, 4) is 0 Å². The predicted octanol–water partition coefficient (Wildman–Crippen LogP) is 2.69.